The molecule has 1 N–H and O–H groups in total. The SMILES string of the molecule is CC1C(=O)NC(c2ccccc2)C(=O)N1CCC(C)(C)C. The molecule has 114 valence electrons. The van der Waals surface area contributed by atoms with Gasteiger partial charge >= 0.3 is 0 Å². The van der Waals surface area contributed by atoms with Gasteiger partial charge in [-0.15, -0.1) is 0 Å². The summed E-state index contributed by atoms with van der Waals surface area (Å²) in [6, 6.07) is 8.45. The van der Waals surface area contributed by atoms with E-state index in [9.17, 15) is 9.59 Å². The molecule has 0 spiro atoms. The number of rotatable bonds is 3. The summed E-state index contributed by atoms with van der Waals surface area (Å²) in [4.78, 5) is 26.6. The van der Waals surface area contributed by atoms with Crippen molar-refractivity contribution >= 4 is 11.8 Å². The zero-order valence-electron chi connectivity index (χ0n) is 13.2. The lowest BCUT2D eigenvalue weighted by atomic mass is 9.91. The van der Waals surface area contributed by atoms with E-state index in [1.165, 1.54) is 0 Å². The standard InChI is InChI=1S/C17H24N2O2/c1-12-15(20)18-14(13-8-6-5-7-9-13)16(21)19(12)11-10-17(2,3)4/h5-9,12,14H,10-11H2,1-4H3,(H,18,20). The number of hydrogen-bond acceptors (Lipinski definition) is 2. The van der Waals surface area contributed by atoms with Crippen LogP contribution in [0.15, 0.2) is 30.3 Å². The van der Waals surface area contributed by atoms with Gasteiger partial charge in [-0.25, -0.2) is 0 Å². The lowest BCUT2D eigenvalue weighted by Crippen LogP contribution is -2.58. The number of hydrogen-bond donors (Lipinski definition) is 1. The highest BCUT2D eigenvalue weighted by Crippen LogP contribution is 2.25. The fourth-order valence-corrected chi connectivity index (χ4v) is 2.45. The minimum atomic E-state index is -0.560. The Bertz CT molecular complexity index is 519. The average Bonchev–Trinajstić information content (AvgIpc) is 2.42. The van der Waals surface area contributed by atoms with Crippen molar-refractivity contribution in [3.05, 3.63) is 35.9 Å². The molecule has 4 nitrogen and oxygen atoms in total. The molecule has 1 saturated heterocycles. The van der Waals surface area contributed by atoms with Gasteiger partial charge in [0.25, 0.3) is 0 Å². The fourth-order valence-electron chi connectivity index (χ4n) is 2.45. The van der Waals surface area contributed by atoms with E-state index in [1.54, 1.807) is 11.8 Å². The summed E-state index contributed by atoms with van der Waals surface area (Å²) >= 11 is 0. The van der Waals surface area contributed by atoms with Crippen molar-refractivity contribution in [3.8, 4) is 0 Å². The molecule has 0 saturated carbocycles. The van der Waals surface area contributed by atoms with Crippen molar-refractivity contribution in [3.63, 3.8) is 0 Å². The van der Waals surface area contributed by atoms with Crippen LogP contribution in [0.1, 0.15) is 45.7 Å². The molecular formula is C17H24N2O2. The first-order valence-electron chi connectivity index (χ1n) is 7.45. The molecule has 2 amide bonds. The smallest absolute Gasteiger partial charge is 0.250 e. The van der Waals surface area contributed by atoms with Crippen LogP contribution in [0.4, 0.5) is 0 Å². The topological polar surface area (TPSA) is 49.4 Å². The summed E-state index contributed by atoms with van der Waals surface area (Å²) in [7, 11) is 0. The van der Waals surface area contributed by atoms with Crippen LogP contribution in [-0.2, 0) is 9.59 Å². The van der Waals surface area contributed by atoms with Crippen LogP contribution in [0.25, 0.3) is 0 Å². The molecular weight excluding hydrogens is 264 g/mol. The summed E-state index contributed by atoms with van der Waals surface area (Å²) < 4.78 is 0. The minimum absolute atomic E-state index is 0.0162. The normalized spacial score (nSPS) is 23.1. The third-order valence-corrected chi connectivity index (χ3v) is 3.90. The first kappa shape index (κ1) is 15.5. The monoisotopic (exact) mass is 288 g/mol. The molecule has 2 atom stereocenters. The molecule has 1 fully saturated rings. The molecule has 0 radical (unpaired) electrons. The Kier molecular flexibility index (Phi) is 4.35. The summed E-state index contributed by atoms with van der Waals surface area (Å²) in [5, 5.41) is 2.83. The first-order valence-corrected chi connectivity index (χ1v) is 7.45. The second kappa shape index (κ2) is 5.88. The highest BCUT2D eigenvalue weighted by Gasteiger charge is 2.38. The largest absolute Gasteiger partial charge is 0.339 e. The van der Waals surface area contributed by atoms with Crippen LogP contribution < -0.4 is 5.32 Å². The van der Waals surface area contributed by atoms with Gasteiger partial charge in [-0.05, 0) is 24.3 Å². The van der Waals surface area contributed by atoms with Crippen LogP contribution in [0, 0.1) is 5.41 Å². The van der Waals surface area contributed by atoms with Crippen molar-refractivity contribution in [2.24, 2.45) is 5.41 Å². The van der Waals surface area contributed by atoms with Crippen molar-refractivity contribution in [2.75, 3.05) is 6.54 Å². The van der Waals surface area contributed by atoms with Gasteiger partial charge in [0.1, 0.15) is 12.1 Å². The predicted molar refractivity (Wildman–Crippen MR) is 82.6 cm³/mol. The molecule has 0 aliphatic carbocycles. The van der Waals surface area contributed by atoms with E-state index < -0.39 is 12.1 Å². The molecule has 1 aromatic rings. The van der Waals surface area contributed by atoms with Crippen LogP contribution >= 0.6 is 0 Å². The van der Waals surface area contributed by atoms with Gasteiger partial charge in [-0.3, -0.25) is 9.59 Å². The number of amides is 2. The van der Waals surface area contributed by atoms with Crippen LogP contribution in [-0.4, -0.2) is 29.3 Å². The molecule has 1 aliphatic heterocycles. The number of benzene rings is 1. The highest BCUT2D eigenvalue weighted by atomic mass is 16.2. The van der Waals surface area contributed by atoms with E-state index in [0.29, 0.717) is 6.54 Å². The Morgan fingerprint density at radius 3 is 2.33 bits per heavy atom. The highest BCUT2D eigenvalue weighted by molar-refractivity contribution is 5.97. The van der Waals surface area contributed by atoms with Crippen molar-refractivity contribution in [1.82, 2.24) is 10.2 Å². The number of nitrogens with zero attached hydrogens (tertiary/aromatic N) is 1. The van der Waals surface area contributed by atoms with E-state index in [4.69, 9.17) is 0 Å². The van der Waals surface area contributed by atoms with Crippen molar-refractivity contribution in [1.29, 1.82) is 0 Å². The predicted octanol–water partition coefficient (Wildman–Crippen LogP) is 2.51. The number of carbonyl (C=O) groups is 2. The van der Waals surface area contributed by atoms with E-state index in [-0.39, 0.29) is 17.2 Å². The molecule has 21 heavy (non-hydrogen) atoms. The second-order valence-corrected chi connectivity index (χ2v) is 6.87. The molecule has 1 aliphatic rings. The molecule has 1 heterocycles. The third-order valence-electron chi connectivity index (χ3n) is 3.90. The quantitative estimate of drug-likeness (QED) is 0.929. The molecule has 1 aromatic carbocycles. The van der Waals surface area contributed by atoms with Gasteiger partial charge in [0.15, 0.2) is 0 Å². The molecule has 2 unspecified atom stereocenters. The number of piperazine rings is 1. The van der Waals surface area contributed by atoms with Crippen LogP contribution in [0.3, 0.4) is 0 Å². The summed E-state index contributed by atoms with van der Waals surface area (Å²) in [5.41, 5.74) is 0.972. The number of nitrogens with one attached hydrogen (secondary N) is 1. The lowest BCUT2D eigenvalue weighted by Gasteiger charge is -2.38. The summed E-state index contributed by atoms with van der Waals surface area (Å²) in [6.07, 6.45) is 0.873. The summed E-state index contributed by atoms with van der Waals surface area (Å²) in [6.45, 7) is 8.82. The maximum absolute atomic E-state index is 12.7. The lowest BCUT2D eigenvalue weighted by molar-refractivity contribution is -0.149. The molecule has 0 bridgehead atoms. The van der Waals surface area contributed by atoms with E-state index in [1.807, 2.05) is 30.3 Å². The van der Waals surface area contributed by atoms with Crippen molar-refractivity contribution in [2.45, 2.75) is 46.2 Å². The first-order chi connectivity index (χ1) is 9.79. The average molecular weight is 288 g/mol. The zero-order valence-corrected chi connectivity index (χ0v) is 13.2. The number of carbonyl (C=O) groups excluding carboxylic acids is 2. The minimum Gasteiger partial charge on any atom is -0.339 e. The fraction of sp³-hybridized carbons (Fsp3) is 0.529. The summed E-state index contributed by atoms with van der Waals surface area (Å²) in [5.74, 6) is -0.102. The Morgan fingerprint density at radius 2 is 1.76 bits per heavy atom. The van der Waals surface area contributed by atoms with Crippen molar-refractivity contribution < 1.29 is 9.59 Å². The van der Waals surface area contributed by atoms with E-state index >= 15 is 0 Å². The Morgan fingerprint density at radius 1 is 1.14 bits per heavy atom. The maximum Gasteiger partial charge on any atom is 0.250 e. The van der Waals surface area contributed by atoms with Gasteiger partial charge in [0.05, 0.1) is 0 Å². The molecule has 0 aromatic heterocycles. The van der Waals surface area contributed by atoms with Gasteiger partial charge < -0.3 is 10.2 Å². The molecule has 2 rings (SSSR count). The maximum atomic E-state index is 12.7. The Labute approximate surface area is 126 Å². The Balaban J connectivity index is 2.19. The van der Waals surface area contributed by atoms with E-state index in [2.05, 4.69) is 26.1 Å². The van der Waals surface area contributed by atoms with Gasteiger partial charge in [-0.2, -0.15) is 0 Å². The van der Waals surface area contributed by atoms with Crippen LogP contribution in [0.5, 0.6) is 0 Å². The third kappa shape index (κ3) is 3.63. The van der Waals surface area contributed by atoms with Crippen LogP contribution in [0.2, 0.25) is 0 Å². The van der Waals surface area contributed by atoms with Gasteiger partial charge in [0.2, 0.25) is 11.8 Å². The van der Waals surface area contributed by atoms with Gasteiger partial charge in [-0.1, -0.05) is 51.1 Å². The molecule has 4 heteroatoms. The van der Waals surface area contributed by atoms with E-state index in [0.717, 1.165) is 12.0 Å². The zero-order chi connectivity index (χ0) is 15.6. The van der Waals surface area contributed by atoms with Gasteiger partial charge in [0, 0.05) is 6.54 Å². The Hall–Kier alpha value is -1.84. The second-order valence-electron chi connectivity index (χ2n) is 6.87.